The zero-order valence-electron chi connectivity index (χ0n) is 12.0. The van der Waals surface area contributed by atoms with Crippen LogP contribution in [-0.4, -0.2) is 29.6 Å². The molecule has 0 unspecified atom stereocenters. The molecule has 2 rings (SSSR count). The molecule has 0 fully saturated rings. The normalized spacial score (nSPS) is 10.0. The number of hydrogen-bond donors (Lipinski definition) is 2. The van der Waals surface area contributed by atoms with Gasteiger partial charge < -0.3 is 15.2 Å². The van der Waals surface area contributed by atoms with Crippen LogP contribution in [0.4, 0.5) is 5.69 Å². The zero-order valence-corrected chi connectivity index (χ0v) is 12.9. The van der Waals surface area contributed by atoms with Crippen molar-refractivity contribution in [2.75, 3.05) is 18.9 Å². The zero-order chi connectivity index (χ0) is 14.4. The van der Waals surface area contributed by atoms with Crippen molar-refractivity contribution in [3.8, 4) is 11.4 Å². The van der Waals surface area contributed by atoms with Crippen molar-refractivity contribution < 1.29 is 9.32 Å². The summed E-state index contributed by atoms with van der Waals surface area (Å²) in [5.74, 6) is 1.04. The number of nitrogens with one attached hydrogen (secondary N) is 2. The molecule has 0 aliphatic heterocycles. The van der Waals surface area contributed by atoms with E-state index in [2.05, 4.69) is 20.8 Å². The third-order valence-corrected chi connectivity index (χ3v) is 2.76. The number of nitrogens with zero attached hydrogens (tertiary/aromatic N) is 2. The van der Waals surface area contributed by atoms with Gasteiger partial charge >= 0.3 is 0 Å². The molecule has 6 nitrogen and oxygen atoms in total. The Kier molecular flexibility index (Phi) is 6.84. The highest BCUT2D eigenvalue weighted by molar-refractivity contribution is 5.91. The average Bonchev–Trinajstić information content (AvgIpc) is 2.86. The van der Waals surface area contributed by atoms with Crippen molar-refractivity contribution >= 4 is 24.0 Å². The number of carbonyl (C=O) groups is 1. The van der Waals surface area contributed by atoms with Crippen molar-refractivity contribution in [3.05, 3.63) is 30.2 Å². The first-order valence-electron chi connectivity index (χ1n) is 6.54. The summed E-state index contributed by atoms with van der Waals surface area (Å²) in [7, 11) is 1.87. The fourth-order valence-corrected chi connectivity index (χ4v) is 1.80. The molecule has 0 saturated heterocycles. The van der Waals surface area contributed by atoms with Crippen LogP contribution in [0.1, 0.15) is 18.7 Å². The van der Waals surface area contributed by atoms with Gasteiger partial charge in [0.2, 0.25) is 17.6 Å². The number of amides is 1. The van der Waals surface area contributed by atoms with E-state index in [-0.39, 0.29) is 18.3 Å². The van der Waals surface area contributed by atoms with Crippen LogP contribution in [0.5, 0.6) is 0 Å². The minimum Gasteiger partial charge on any atom is -0.339 e. The Bertz CT molecular complexity index is 586. The highest BCUT2D eigenvalue weighted by atomic mass is 35.5. The molecule has 1 amide bonds. The minimum atomic E-state index is 0. The summed E-state index contributed by atoms with van der Waals surface area (Å²) in [6, 6.07) is 7.40. The van der Waals surface area contributed by atoms with Gasteiger partial charge in [-0.15, -0.1) is 12.4 Å². The highest BCUT2D eigenvalue weighted by Gasteiger charge is 2.07. The molecule has 7 heteroatoms. The second-order valence-electron chi connectivity index (χ2n) is 4.47. The lowest BCUT2D eigenvalue weighted by Gasteiger charge is -2.06. The van der Waals surface area contributed by atoms with Gasteiger partial charge in [0.1, 0.15) is 0 Å². The van der Waals surface area contributed by atoms with Gasteiger partial charge in [0.25, 0.3) is 0 Å². The number of aryl methyl sites for hydroxylation is 1. The van der Waals surface area contributed by atoms with Crippen molar-refractivity contribution in [2.24, 2.45) is 0 Å². The quantitative estimate of drug-likeness (QED) is 0.801. The van der Waals surface area contributed by atoms with Crippen LogP contribution in [0.15, 0.2) is 28.8 Å². The van der Waals surface area contributed by atoms with E-state index < -0.39 is 0 Å². The van der Waals surface area contributed by atoms with E-state index in [0.717, 1.165) is 24.2 Å². The van der Waals surface area contributed by atoms with Gasteiger partial charge in [0.05, 0.1) is 0 Å². The number of carbonyl (C=O) groups excluding carboxylic acids is 1. The molecule has 1 aromatic heterocycles. The van der Waals surface area contributed by atoms with Crippen molar-refractivity contribution in [1.82, 2.24) is 15.5 Å². The van der Waals surface area contributed by atoms with Crippen LogP contribution in [-0.2, 0) is 4.79 Å². The Labute approximate surface area is 129 Å². The SMILES string of the molecule is CNCCCC(=O)Nc1cccc(-c2noc(C)n2)c1.Cl. The monoisotopic (exact) mass is 310 g/mol. The van der Waals surface area contributed by atoms with Gasteiger partial charge in [0.15, 0.2) is 0 Å². The third-order valence-electron chi connectivity index (χ3n) is 2.76. The average molecular weight is 311 g/mol. The molecule has 0 saturated carbocycles. The molecule has 0 spiro atoms. The highest BCUT2D eigenvalue weighted by Crippen LogP contribution is 2.20. The first-order valence-corrected chi connectivity index (χ1v) is 6.54. The molecule has 1 aromatic carbocycles. The first kappa shape index (κ1) is 17.1. The second-order valence-corrected chi connectivity index (χ2v) is 4.47. The fraction of sp³-hybridized carbons (Fsp3) is 0.357. The van der Waals surface area contributed by atoms with E-state index in [1.54, 1.807) is 6.92 Å². The summed E-state index contributed by atoms with van der Waals surface area (Å²) in [5, 5.41) is 9.74. The fourth-order valence-electron chi connectivity index (χ4n) is 1.80. The number of benzene rings is 1. The summed E-state index contributed by atoms with van der Waals surface area (Å²) in [5.41, 5.74) is 1.55. The maximum Gasteiger partial charge on any atom is 0.224 e. The molecule has 2 N–H and O–H groups in total. The Hall–Kier alpha value is -1.92. The van der Waals surface area contributed by atoms with Crippen LogP contribution in [0.2, 0.25) is 0 Å². The summed E-state index contributed by atoms with van der Waals surface area (Å²) >= 11 is 0. The van der Waals surface area contributed by atoms with Crippen LogP contribution in [0.3, 0.4) is 0 Å². The summed E-state index contributed by atoms with van der Waals surface area (Å²) in [4.78, 5) is 15.9. The van der Waals surface area contributed by atoms with Gasteiger partial charge in [-0.25, -0.2) is 0 Å². The Morgan fingerprint density at radius 2 is 2.19 bits per heavy atom. The Morgan fingerprint density at radius 1 is 1.38 bits per heavy atom. The molecule has 0 aliphatic rings. The first-order chi connectivity index (χ1) is 9.69. The van der Waals surface area contributed by atoms with Gasteiger partial charge in [-0.05, 0) is 32.1 Å². The minimum absolute atomic E-state index is 0. The van der Waals surface area contributed by atoms with Crippen molar-refractivity contribution in [2.45, 2.75) is 19.8 Å². The predicted molar refractivity (Wildman–Crippen MR) is 83.5 cm³/mol. The summed E-state index contributed by atoms with van der Waals surface area (Å²) in [6.45, 7) is 2.57. The van der Waals surface area contributed by atoms with Gasteiger partial charge in [-0.1, -0.05) is 17.3 Å². The molecule has 114 valence electrons. The number of hydrogen-bond acceptors (Lipinski definition) is 5. The molecule has 0 aliphatic carbocycles. The number of aromatic nitrogens is 2. The van der Waals surface area contributed by atoms with Crippen LogP contribution >= 0.6 is 12.4 Å². The van der Waals surface area contributed by atoms with Gasteiger partial charge in [-0.2, -0.15) is 4.98 Å². The third kappa shape index (κ3) is 5.17. The largest absolute Gasteiger partial charge is 0.339 e. The molecule has 2 aromatic rings. The van der Waals surface area contributed by atoms with Gasteiger partial charge in [-0.3, -0.25) is 4.79 Å². The topological polar surface area (TPSA) is 80.0 Å². The van der Waals surface area contributed by atoms with E-state index in [1.165, 1.54) is 0 Å². The molecular weight excluding hydrogens is 292 g/mol. The molecular formula is C14H19ClN4O2. The van der Waals surface area contributed by atoms with Gasteiger partial charge in [0, 0.05) is 24.6 Å². The molecule has 0 radical (unpaired) electrons. The van der Waals surface area contributed by atoms with E-state index in [9.17, 15) is 4.79 Å². The van der Waals surface area contributed by atoms with Crippen LogP contribution in [0.25, 0.3) is 11.4 Å². The number of anilines is 1. The van der Waals surface area contributed by atoms with Crippen molar-refractivity contribution in [1.29, 1.82) is 0 Å². The second kappa shape index (κ2) is 8.39. The lowest BCUT2D eigenvalue weighted by atomic mass is 10.2. The van der Waals surface area contributed by atoms with Crippen LogP contribution < -0.4 is 10.6 Å². The van der Waals surface area contributed by atoms with Crippen LogP contribution in [0, 0.1) is 6.92 Å². The molecule has 1 heterocycles. The smallest absolute Gasteiger partial charge is 0.224 e. The van der Waals surface area contributed by atoms with E-state index in [0.29, 0.717) is 18.1 Å². The Morgan fingerprint density at radius 3 is 2.86 bits per heavy atom. The lowest BCUT2D eigenvalue weighted by molar-refractivity contribution is -0.116. The maximum atomic E-state index is 11.8. The molecule has 21 heavy (non-hydrogen) atoms. The van der Waals surface area contributed by atoms with E-state index in [4.69, 9.17) is 4.52 Å². The maximum absolute atomic E-state index is 11.8. The van der Waals surface area contributed by atoms with Crippen molar-refractivity contribution in [3.63, 3.8) is 0 Å². The van der Waals surface area contributed by atoms with E-state index in [1.807, 2.05) is 31.3 Å². The lowest BCUT2D eigenvalue weighted by Crippen LogP contribution is -2.15. The predicted octanol–water partition coefficient (Wildman–Crippen LogP) is 2.40. The Balaban J connectivity index is 0.00000220. The summed E-state index contributed by atoms with van der Waals surface area (Å²) in [6.07, 6.45) is 1.30. The molecule has 0 bridgehead atoms. The molecule has 0 atom stereocenters. The number of rotatable bonds is 6. The number of halogens is 1. The summed E-state index contributed by atoms with van der Waals surface area (Å²) < 4.78 is 4.95. The standard InChI is InChI=1S/C14H18N4O2.ClH/c1-10-16-14(18-20-10)11-5-3-6-12(9-11)17-13(19)7-4-8-15-2;/h3,5-6,9,15H,4,7-8H2,1-2H3,(H,17,19);1H. The van der Waals surface area contributed by atoms with E-state index >= 15 is 0 Å².